The van der Waals surface area contributed by atoms with E-state index in [0.717, 1.165) is 26.0 Å². The lowest BCUT2D eigenvalue weighted by molar-refractivity contribution is 0.0628. The number of hydrogen-bond donors (Lipinski definition) is 1. The minimum absolute atomic E-state index is 0.329. The molecular weight excluding hydrogens is 238 g/mol. The fourth-order valence-corrected chi connectivity index (χ4v) is 2.96. The van der Waals surface area contributed by atoms with Crippen LogP contribution in [0, 0.1) is 5.92 Å². The Labute approximate surface area is 116 Å². The Morgan fingerprint density at radius 3 is 2.84 bits per heavy atom. The number of hydrogen-bond acceptors (Lipinski definition) is 3. The van der Waals surface area contributed by atoms with Crippen molar-refractivity contribution in [3.05, 3.63) is 17.5 Å². The van der Waals surface area contributed by atoms with Gasteiger partial charge >= 0.3 is 0 Å². The number of rotatable bonds is 6. The van der Waals surface area contributed by atoms with Gasteiger partial charge in [0, 0.05) is 31.3 Å². The molecule has 3 unspecified atom stereocenters. The minimum atomic E-state index is 0.329. The molecule has 1 saturated heterocycles. The van der Waals surface area contributed by atoms with Crippen molar-refractivity contribution in [1.82, 2.24) is 15.1 Å². The number of ether oxygens (including phenoxy) is 1. The van der Waals surface area contributed by atoms with E-state index in [0.29, 0.717) is 18.1 Å². The summed E-state index contributed by atoms with van der Waals surface area (Å²) in [4.78, 5) is 0. The molecule has 1 N–H and O–H groups in total. The molecular formula is C15H27N3O. The van der Waals surface area contributed by atoms with Crippen molar-refractivity contribution in [2.45, 2.75) is 58.7 Å². The van der Waals surface area contributed by atoms with Gasteiger partial charge in [-0.2, -0.15) is 5.10 Å². The molecule has 4 heteroatoms. The highest BCUT2D eigenvalue weighted by Crippen LogP contribution is 2.24. The van der Waals surface area contributed by atoms with Crippen LogP contribution in [0.4, 0.5) is 0 Å². The third-order valence-electron chi connectivity index (χ3n) is 4.22. The fraction of sp³-hybridized carbons (Fsp3) is 0.800. The summed E-state index contributed by atoms with van der Waals surface area (Å²) in [5, 5.41) is 8.06. The molecule has 0 radical (unpaired) electrons. The summed E-state index contributed by atoms with van der Waals surface area (Å²) in [6.07, 6.45) is 3.50. The average Bonchev–Trinajstić information content (AvgIpc) is 3.01. The Bertz CT molecular complexity index is 402. The summed E-state index contributed by atoms with van der Waals surface area (Å²) in [6.45, 7) is 8.43. The maximum Gasteiger partial charge on any atom is 0.0758 e. The van der Waals surface area contributed by atoms with E-state index in [-0.39, 0.29) is 0 Å². The zero-order valence-electron chi connectivity index (χ0n) is 12.6. The average molecular weight is 265 g/mol. The molecule has 0 saturated carbocycles. The van der Waals surface area contributed by atoms with Crippen molar-refractivity contribution >= 4 is 0 Å². The fourth-order valence-electron chi connectivity index (χ4n) is 2.96. The summed E-state index contributed by atoms with van der Waals surface area (Å²) >= 11 is 0. The molecule has 0 aliphatic carbocycles. The van der Waals surface area contributed by atoms with Crippen molar-refractivity contribution in [2.24, 2.45) is 5.92 Å². The van der Waals surface area contributed by atoms with Gasteiger partial charge in [0.2, 0.25) is 0 Å². The van der Waals surface area contributed by atoms with Gasteiger partial charge in [-0.05, 0) is 38.8 Å². The number of nitrogens with one attached hydrogen (secondary N) is 1. The van der Waals surface area contributed by atoms with Crippen LogP contribution in [0.3, 0.4) is 0 Å². The van der Waals surface area contributed by atoms with Gasteiger partial charge in [-0.15, -0.1) is 0 Å². The molecule has 2 heterocycles. The molecule has 19 heavy (non-hydrogen) atoms. The van der Waals surface area contributed by atoms with Gasteiger partial charge < -0.3 is 10.1 Å². The number of nitrogens with zero attached hydrogens (tertiary/aromatic N) is 2. The first-order valence-electron chi connectivity index (χ1n) is 7.54. The van der Waals surface area contributed by atoms with Gasteiger partial charge in [0.1, 0.15) is 0 Å². The molecule has 0 bridgehead atoms. The smallest absolute Gasteiger partial charge is 0.0758 e. The number of aromatic nitrogens is 2. The van der Waals surface area contributed by atoms with Crippen molar-refractivity contribution < 1.29 is 4.74 Å². The molecule has 108 valence electrons. The quantitative estimate of drug-likeness (QED) is 0.855. The van der Waals surface area contributed by atoms with Gasteiger partial charge in [-0.25, -0.2) is 0 Å². The van der Waals surface area contributed by atoms with Crippen LogP contribution in [0.15, 0.2) is 6.07 Å². The lowest BCUT2D eigenvalue weighted by Gasteiger charge is -2.25. The molecule has 0 aromatic carbocycles. The third kappa shape index (κ3) is 3.18. The molecule has 1 aromatic heterocycles. The Balaban J connectivity index is 2.11. The summed E-state index contributed by atoms with van der Waals surface area (Å²) in [6, 6.07) is 2.62. The molecule has 1 aliphatic heterocycles. The van der Waals surface area contributed by atoms with Crippen LogP contribution in [0.25, 0.3) is 0 Å². The molecule has 2 rings (SSSR count). The first-order valence-corrected chi connectivity index (χ1v) is 7.54. The zero-order chi connectivity index (χ0) is 13.8. The Kier molecular flexibility index (Phi) is 4.99. The largest absolute Gasteiger partial charge is 0.376 e. The van der Waals surface area contributed by atoms with E-state index in [1.54, 1.807) is 0 Å². The van der Waals surface area contributed by atoms with Crippen molar-refractivity contribution in [3.8, 4) is 0 Å². The van der Waals surface area contributed by atoms with Crippen LogP contribution >= 0.6 is 0 Å². The molecule has 1 aromatic rings. The summed E-state index contributed by atoms with van der Waals surface area (Å²) in [5.41, 5.74) is 2.51. The van der Waals surface area contributed by atoms with Crippen molar-refractivity contribution in [1.29, 1.82) is 0 Å². The van der Waals surface area contributed by atoms with Gasteiger partial charge in [-0.1, -0.05) is 13.8 Å². The van der Waals surface area contributed by atoms with E-state index in [1.807, 2.05) is 7.05 Å². The standard InChI is InChI=1S/C15H27N3O/c1-5-12-9-13(18(6-2)17-12)10-14(16-4)15-11(3)7-8-19-15/h9,11,14-16H,5-8,10H2,1-4H3. The van der Waals surface area contributed by atoms with Crippen molar-refractivity contribution in [3.63, 3.8) is 0 Å². The van der Waals surface area contributed by atoms with Gasteiger partial charge in [0.25, 0.3) is 0 Å². The van der Waals surface area contributed by atoms with Crippen LogP contribution < -0.4 is 5.32 Å². The van der Waals surface area contributed by atoms with Crippen LogP contribution in [0.1, 0.15) is 38.6 Å². The van der Waals surface area contributed by atoms with Gasteiger partial charge in [0.05, 0.1) is 11.8 Å². The predicted octanol–water partition coefficient (Wildman–Crippen LogP) is 2.02. The Morgan fingerprint density at radius 1 is 1.53 bits per heavy atom. The van der Waals surface area contributed by atoms with Crippen LogP contribution in [-0.2, 0) is 24.1 Å². The highest BCUT2D eigenvalue weighted by atomic mass is 16.5. The number of aryl methyl sites for hydroxylation is 2. The van der Waals surface area contributed by atoms with Gasteiger partial charge in [0.15, 0.2) is 0 Å². The van der Waals surface area contributed by atoms with Crippen LogP contribution in [0.2, 0.25) is 0 Å². The summed E-state index contributed by atoms with van der Waals surface area (Å²) in [5.74, 6) is 0.640. The van der Waals surface area contributed by atoms with Crippen LogP contribution in [-0.4, -0.2) is 35.6 Å². The topological polar surface area (TPSA) is 39.1 Å². The SMILES string of the molecule is CCc1cc(CC(NC)C2OCCC2C)n(CC)n1. The van der Waals surface area contributed by atoms with E-state index < -0.39 is 0 Å². The molecule has 1 aliphatic rings. The molecule has 3 atom stereocenters. The Hall–Kier alpha value is -0.870. The highest BCUT2D eigenvalue weighted by Gasteiger charge is 2.31. The highest BCUT2D eigenvalue weighted by molar-refractivity contribution is 5.12. The zero-order valence-corrected chi connectivity index (χ0v) is 12.6. The lowest BCUT2D eigenvalue weighted by Crippen LogP contribution is -2.42. The van der Waals surface area contributed by atoms with E-state index >= 15 is 0 Å². The van der Waals surface area contributed by atoms with E-state index in [9.17, 15) is 0 Å². The second-order valence-electron chi connectivity index (χ2n) is 5.50. The third-order valence-corrected chi connectivity index (χ3v) is 4.22. The normalized spacial score (nSPS) is 24.8. The van der Waals surface area contributed by atoms with E-state index in [4.69, 9.17) is 4.74 Å². The first-order chi connectivity index (χ1) is 9.19. The number of likely N-dealkylation sites (N-methyl/N-ethyl adjacent to an activating group) is 1. The first kappa shape index (κ1) is 14.5. The Morgan fingerprint density at radius 2 is 2.32 bits per heavy atom. The molecule has 1 fully saturated rings. The monoisotopic (exact) mass is 265 g/mol. The maximum atomic E-state index is 5.90. The second kappa shape index (κ2) is 6.53. The van der Waals surface area contributed by atoms with E-state index in [2.05, 4.69) is 41.9 Å². The van der Waals surface area contributed by atoms with Crippen molar-refractivity contribution in [2.75, 3.05) is 13.7 Å². The van der Waals surface area contributed by atoms with Crippen LogP contribution in [0.5, 0.6) is 0 Å². The summed E-state index contributed by atoms with van der Waals surface area (Å²) in [7, 11) is 2.03. The second-order valence-corrected chi connectivity index (χ2v) is 5.50. The maximum absolute atomic E-state index is 5.90. The van der Waals surface area contributed by atoms with Gasteiger partial charge in [-0.3, -0.25) is 4.68 Å². The molecule has 0 spiro atoms. The van der Waals surface area contributed by atoms with E-state index in [1.165, 1.54) is 17.8 Å². The minimum Gasteiger partial charge on any atom is -0.376 e. The molecule has 0 amide bonds. The summed E-state index contributed by atoms with van der Waals surface area (Å²) < 4.78 is 8.03. The predicted molar refractivity (Wildman–Crippen MR) is 77.4 cm³/mol. The lowest BCUT2D eigenvalue weighted by atomic mass is 9.94. The molecule has 4 nitrogen and oxygen atoms in total.